The van der Waals surface area contributed by atoms with E-state index in [0.29, 0.717) is 0 Å². The molecule has 0 bridgehead atoms. The molecule has 0 spiro atoms. The zero-order valence-corrected chi connectivity index (χ0v) is 7.05. The molecule has 1 aliphatic carbocycles. The summed E-state index contributed by atoms with van der Waals surface area (Å²) in [5.74, 6) is 4.31. The average Bonchev–Trinajstić information content (AvgIpc) is 2.07. The third-order valence-electron chi connectivity index (χ3n) is 2.71. The Kier molecular flexibility index (Phi) is 3.45. The van der Waals surface area contributed by atoms with Crippen LogP contribution in [0.1, 0.15) is 32.1 Å². The van der Waals surface area contributed by atoms with Gasteiger partial charge >= 0.3 is 0 Å². The maximum Gasteiger partial charge on any atom is 0.0114 e. The minimum atomic E-state index is 0.782. The normalized spacial score (nSPS) is 31.3. The average molecular weight is 151 g/mol. The lowest BCUT2D eigenvalue weighted by molar-refractivity contribution is 0.283. The Morgan fingerprint density at radius 2 is 1.73 bits per heavy atom. The van der Waals surface area contributed by atoms with Crippen LogP contribution in [-0.2, 0) is 0 Å². The minimum absolute atomic E-state index is 0.782. The van der Waals surface area contributed by atoms with E-state index in [1.165, 1.54) is 25.7 Å². The smallest absolute Gasteiger partial charge is 0.0114 e. The quantitative estimate of drug-likeness (QED) is 0.598. The van der Waals surface area contributed by atoms with Gasteiger partial charge in [-0.05, 0) is 44.1 Å². The van der Waals surface area contributed by atoms with Crippen LogP contribution < -0.4 is 5.73 Å². The van der Waals surface area contributed by atoms with E-state index in [4.69, 9.17) is 12.2 Å². The summed E-state index contributed by atoms with van der Waals surface area (Å²) in [6.45, 7) is 0.864. The molecular weight excluding hydrogens is 134 g/mol. The second-order valence-corrected chi connectivity index (χ2v) is 3.53. The van der Waals surface area contributed by atoms with Crippen molar-refractivity contribution >= 4 is 0 Å². The van der Waals surface area contributed by atoms with Gasteiger partial charge in [0.15, 0.2) is 0 Å². The SMILES string of the molecule is C#CC[C@H]1CC[C@H](CN)CC1. The molecule has 1 rings (SSSR count). The molecule has 0 saturated heterocycles. The topological polar surface area (TPSA) is 26.0 Å². The number of nitrogens with two attached hydrogens (primary N) is 1. The molecule has 1 saturated carbocycles. The summed E-state index contributed by atoms with van der Waals surface area (Å²) in [4.78, 5) is 0. The van der Waals surface area contributed by atoms with Crippen LogP contribution in [-0.4, -0.2) is 6.54 Å². The lowest BCUT2D eigenvalue weighted by Gasteiger charge is -2.26. The fourth-order valence-corrected chi connectivity index (χ4v) is 1.84. The van der Waals surface area contributed by atoms with Crippen molar-refractivity contribution in [1.82, 2.24) is 0 Å². The molecule has 0 radical (unpaired) electrons. The van der Waals surface area contributed by atoms with Gasteiger partial charge < -0.3 is 5.73 Å². The van der Waals surface area contributed by atoms with Gasteiger partial charge in [-0.1, -0.05) is 0 Å². The highest BCUT2D eigenvalue weighted by molar-refractivity contribution is 4.88. The van der Waals surface area contributed by atoms with Gasteiger partial charge in [-0.2, -0.15) is 0 Å². The Balaban J connectivity index is 2.20. The van der Waals surface area contributed by atoms with Crippen LogP contribution in [0, 0.1) is 24.2 Å². The molecule has 11 heavy (non-hydrogen) atoms. The molecule has 0 amide bonds. The van der Waals surface area contributed by atoms with Gasteiger partial charge in [-0.3, -0.25) is 0 Å². The molecule has 62 valence electrons. The van der Waals surface area contributed by atoms with Gasteiger partial charge in [0.25, 0.3) is 0 Å². The first-order valence-electron chi connectivity index (χ1n) is 4.50. The molecule has 0 unspecified atom stereocenters. The number of hydrogen-bond donors (Lipinski definition) is 1. The molecule has 0 aromatic rings. The summed E-state index contributed by atoms with van der Waals surface area (Å²) in [6.07, 6.45) is 11.4. The second-order valence-electron chi connectivity index (χ2n) is 3.53. The Bertz CT molecular complexity index is 137. The predicted octanol–water partition coefficient (Wildman–Crippen LogP) is 1.77. The highest BCUT2D eigenvalue weighted by Gasteiger charge is 2.18. The Morgan fingerprint density at radius 3 is 2.18 bits per heavy atom. The van der Waals surface area contributed by atoms with Gasteiger partial charge in [-0.15, -0.1) is 12.3 Å². The van der Waals surface area contributed by atoms with E-state index in [1.54, 1.807) is 0 Å². The van der Waals surface area contributed by atoms with E-state index in [0.717, 1.165) is 24.8 Å². The maximum absolute atomic E-state index is 5.58. The fraction of sp³-hybridized carbons (Fsp3) is 0.800. The van der Waals surface area contributed by atoms with Gasteiger partial charge in [-0.25, -0.2) is 0 Å². The molecule has 0 aromatic carbocycles. The van der Waals surface area contributed by atoms with Crippen molar-refractivity contribution in [3.8, 4) is 12.3 Å². The first-order chi connectivity index (χ1) is 5.36. The zero-order valence-electron chi connectivity index (χ0n) is 7.05. The molecule has 0 heterocycles. The molecule has 1 heteroatoms. The molecule has 2 N–H and O–H groups in total. The number of terminal acetylenes is 1. The van der Waals surface area contributed by atoms with Crippen molar-refractivity contribution in [3.05, 3.63) is 0 Å². The van der Waals surface area contributed by atoms with E-state index < -0.39 is 0 Å². The van der Waals surface area contributed by atoms with Crippen molar-refractivity contribution in [1.29, 1.82) is 0 Å². The van der Waals surface area contributed by atoms with Crippen LogP contribution in [0.2, 0.25) is 0 Å². The van der Waals surface area contributed by atoms with Crippen molar-refractivity contribution in [2.45, 2.75) is 32.1 Å². The Labute approximate surface area is 69.4 Å². The highest BCUT2D eigenvalue weighted by Crippen LogP contribution is 2.29. The van der Waals surface area contributed by atoms with Gasteiger partial charge in [0, 0.05) is 6.42 Å². The molecule has 0 aliphatic heterocycles. The Hall–Kier alpha value is -0.480. The van der Waals surface area contributed by atoms with Gasteiger partial charge in [0.1, 0.15) is 0 Å². The largest absolute Gasteiger partial charge is 0.330 e. The standard InChI is InChI=1S/C10H17N/c1-2-3-9-4-6-10(8-11)7-5-9/h1,9-10H,3-8,11H2/t9-,10-. The van der Waals surface area contributed by atoms with E-state index in [-0.39, 0.29) is 0 Å². The fourth-order valence-electron chi connectivity index (χ4n) is 1.84. The summed E-state index contributed by atoms with van der Waals surface area (Å²) in [6, 6.07) is 0. The minimum Gasteiger partial charge on any atom is -0.330 e. The van der Waals surface area contributed by atoms with Crippen molar-refractivity contribution < 1.29 is 0 Å². The molecular formula is C10H17N. The van der Waals surface area contributed by atoms with Crippen molar-refractivity contribution in [2.75, 3.05) is 6.54 Å². The van der Waals surface area contributed by atoms with E-state index >= 15 is 0 Å². The van der Waals surface area contributed by atoms with Gasteiger partial charge in [0.05, 0.1) is 0 Å². The van der Waals surface area contributed by atoms with Crippen LogP contribution in [0.4, 0.5) is 0 Å². The number of hydrogen-bond acceptors (Lipinski definition) is 1. The molecule has 1 nitrogen and oxygen atoms in total. The third-order valence-corrected chi connectivity index (χ3v) is 2.71. The molecule has 0 aromatic heterocycles. The van der Waals surface area contributed by atoms with E-state index in [2.05, 4.69) is 5.92 Å². The summed E-state index contributed by atoms with van der Waals surface area (Å²) in [7, 11) is 0. The van der Waals surface area contributed by atoms with Gasteiger partial charge in [0.2, 0.25) is 0 Å². The molecule has 1 aliphatic rings. The predicted molar refractivity (Wildman–Crippen MR) is 48.0 cm³/mol. The van der Waals surface area contributed by atoms with Crippen LogP contribution in [0.15, 0.2) is 0 Å². The summed E-state index contributed by atoms with van der Waals surface area (Å²) in [5, 5.41) is 0. The first kappa shape index (κ1) is 8.62. The molecule has 0 atom stereocenters. The monoisotopic (exact) mass is 151 g/mol. The Morgan fingerprint density at radius 1 is 1.18 bits per heavy atom. The van der Waals surface area contributed by atoms with Crippen LogP contribution in [0.25, 0.3) is 0 Å². The summed E-state index contributed by atoms with van der Waals surface area (Å²) < 4.78 is 0. The first-order valence-corrected chi connectivity index (χ1v) is 4.50. The lowest BCUT2D eigenvalue weighted by atomic mass is 9.81. The van der Waals surface area contributed by atoms with Crippen molar-refractivity contribution in [3.63, 3.8) is 0 Å². The van der Waals surface area contributed by atoms with Crippen LogP contribution in [0.3, 0.4) is 0 Å². The van der Waals surface area contributed by atoms with E-state index in [1.807, 2.05) is 0 Å². The van der Waals surface area contributed by atoms with Crippen LogP contribution >= 0.6 is 0 Å². The summed E-state index contributed by atoms with van der Waals surface area (Å²) >= 11 is 0. The summed E-state index contributed by atoms with van der Waals surface area (Å²) in [5.41, 5.74) is 5.58. The number of rotatable bonds is 2. The second kappa shape index (κ2) is 4.41. The lowest BCUT2D eigenvalue weighted by Crippen LogP contribution is -2.21. The van der Waals surface area contributed by atoms with Crippen molar-refractivity contribution in [2.24, 2.45) is 17.6 Å². The van der Waals surface area contributed by atoms with E-state index in [9.17, 15) is 0 Å². The highest BCUT2D eigenvalue weighted by atomic mass is 14.5. The van der Waals surface area contributed by atoms with Crippen LogP contribution in [0.5, 0.6) is 0 Å². The third kappa shape index (κ3) is 2.55. The molecule has 1 fully saturated rings. The maximum atomic E-state index is 5.58. The zero-order chi connectivity index (χ0) is 8.10.